The molecule has 0 N–H and O–H groups in total. The summed E-state index contributed by atoms with van der Waals surface area (Å²) in [6.45, 7) is 6.55. The van der Waals surface area contributed by atoms with Crippen LogP contribution in [-0.2, 0) is 27.8 Å². The number of methoxy groups -OCH3 is 1. The van der Waals surface area contributed by atoms with E-state index in [0.717, 1.165) is 28.5 Å². The monoisotopic (exact) mass is 452 g/mol. The molecule has 0 bridgehead atoms. The van der Waals surface area contributed by atoms with E-state index in [9.17, 15) is 8.42 Å². The zero-order valence-electron chi connectivity index (χ0n) is 17.9. The van der Waals surface area contributed by atoms with E-state index in [-0.39, 0.29) is 5.92 Å². The predicted molar refractivity (Wildman–Crippen MR) is 120 cm³/mol. The molecule has 0 radical (unpaired) electrons. The number of ether oxygens (including phenoxy) is 1. The van der Waals surface area contributed by atoms with E-state index in [2.05, 4.69) is 18.7 Å². The zero-order chi connectivity index (χ0) is 21.9. The topological polar surface area (TPSA) is 75.6 Å². The number of rotatable bonds is 7. The Kier molecular flexibility index (Phi) is 7.34. The highest BCUT2D eigenvalue weighted by atomic mass is 35.5. The quantitative estimate of drug-likeness (QED) is 0.642. The fourth-order valence-electron chi connectivity index (χ4n) is 3.58. The van der Waals surface area contributed by atoms with Crippen molar-refractivity contribution in [1.82, 2.24) is 14.3 Å². The maximum absolute atomic E-state index is 11.9. The molecule has 2 heterocycles. The van der Waals surface area contributed by atoms with E-state index in [0.29, 0.717) is 44.2 Å². The van der Waals surface area contributed by atoms with Crippen molar-refractivity contribution in [3.63, 3.8) is 0 Å². The van der Waals surface area contributed by atoms with Gasteiger partial charge in [0.2, 0.25) is 10.0 Å². The molecule has 1 aliphatic rings. The lowest BCUT2D eigenvalue weighted by molar-refractivity contribution is 0.180. The van der Waals surface area contributed by atoms with Crippen LogP contribution in [0.5, 0.6) is 0 Å². The van der Waals surface area contributed by atoms with E-state index in [1.807, 2.05) is 24.3 Å². The number of nitrogens with zero attached hydrogens (tertiary/aromatic N) is 4. The van der Waals surface area contributed by atoms with Crippen LogP contribution in [0.1, 0.15) is 42.4 Å². The Bertz CT molecular complexity index is 990. The molecule has 2 aromatic rings. The molecule has 9 heteroatoms. The molecule has 3 rings (SSSR count). The van der Waals surface area contributed by atoms with E-state index in [1.165, 1.54) is 10.6 Å². The fraction of sp³-hybridized carbons (Fsp3) is 0.524. The Morgan fingerprint density at radius 1 is 1.17 bits per heavy atom. The summed E-state index contributed by atoms with van der Waals surface area (Å²) in [5.41, 5.74) is 2.92. The molecule has 0 unspecified atom stereocenters. The summed E-state index contributed by atoms with van der Waals surface area (Å²) >= 11 is 6.20. The molecule has 164 valence electrons. The molecule has 1 aromatic carbocycles. The van der Waals surface area contributed by atoms with Crippen LogP contribution in [-0.4, -0.2) is 62.2 Å². The molecule has 0 amide bonds. The molecule has 0 saturated carbocycles. The van der Waals surface area contributed by atoms with Gasteiger partial charge < -0.3 is 9.64 Å². The second-order valence-electron chi connectivity index (χ2n) is 7.87. The first-order valence-corrected chi connectivity index (χ1v) is 12.2. The molecule has 0 aliphatic carbocycles. The minimum absolute atomic E-state index is 0.164. The van der Waals surface area contributed by atoms with E-state index in [1.54, 1.807) is 7.11 Å². The summed E-state index contributed by atoms with van der Waals surface area (Å²) < 4.78 is 30.8. The third-order valence-electron chi connectivity index (χ3n) is 5.16. The largest absolute Gasteiger partial charge is 0.378 e. The van der Waals surface area contributed by atoms with Gasteiger partial charge >= 0.3 is 0 Å². The maximum atomic E-state index is 11.9. The van der Waals surface area contributed by atoms with Crippen LogP contribution in [0.4, 0.5) is 5.82 Å². The van der Waals surface area contributed by atoms with Crippen molar-refractivity contribution in [3.05, 3.63) is 51.9 Å². The Morgan fingerprint density at radius 2 is 1.87 bits per heavy atom. The molecule has 1 fully saturated rings. The molecule has 1 aliphatic heterocycles. The van der Waals surface area contributed by atoms with Crippen LogP contribution < -0.4 is 4.90 Å². The number of anilines is 1. The summed E-state index contributed by atoms with van der Waals surface area (Å²) in [6.07, 6.45) is 1.88. The standard InChI is InChI=1S/C21H29ClN4O3S/c1-15(2)20-23-19(14-29-3)18(13-16-6-5-7-17(22)12-16)21(24-20)25-8-10-26(11-9-25)30(4,27)28/h5-7,12,15H,8-11,13-14H2,1-4H3. The molecule has 0 atom stereocenters. The average Bonchev–Trinajstić information content (AvgIpc) is 2.68. The van der Waals surface area contributed by atoms with Gasteiger partial charge in [-0.2, -0.15) is 4.31 Å². The molecular weight excluding hydrogens is 424 g/mol. The highest BCUT2D eigenvalue weighted by molar-refractivity contribution is 7.88. The normalized spacial score (nSPS) is 15.7. The summed E-state index contributed by atoms with van der Waals surface area (Å²) in [6, 6.07) is 7.76. The number of piperazine rings is 1. The van der Waals surface area contributed by atoms with Crippen LogP contribution in [0, 0.1) is 0 Å². The summed E-state index contributed by atoms with van der Waals surface area (Å²) in [5.74, 6) is 1.78. The summed E-state index contributed by atoms with van der Waals surface area (Å²) in [7, 11) is -1.54. The van der Waals surface area contributed by atoms with Crippen LogP contribution >= 0.6 is 11.6 Å². The lowest BCUT2D eigenvalue weighted by atomic mass is 10.0. The van der Waals surface area contributed by atoms with Crippen LogP contribution in [0.15, 0.2) is 24.3 Å². The first-order chi connectivity index (χ1) is 14.2. The number of hydrogen-bond donors (Lipinski definition) is 0. The third-order valence-corrected chi connectivity index (χ3v) is 6.70. The van der Waals surface area contributed by atoms with Crippen LogP contribution in [0.3, 0.4) is 0 Å². The SMILES string of the molecule is COCc1nc(C(C)C)nc(N2CCN(S(C)(=O)=O)CC2)c1Cc1cccc(Cl)c1. The lowest BCUT2D eigenvalue weighted by Crippen LogP contribution is -2.49. The molecular formula is C21H29ClN4O3S. The summed E-state index contributed by atoms with van der Waals surface area (Å²) in [5, 5.41) is 0.684. The maximum Gasteiger partial charge on any atom is 0.211 e. The second kappa shape index (κ2) is 9.60. The highest BCUT2D eigenvalue weighted by Crippen LogP contribution is 2.28. The number of halogens is 1. The van der Waals surface area contributed by atoms with E-state index < -0.39 is 10.0 Å². The average molecular weight is 453 g/mol. The van der Waals surface area contributed by atoms with Crippen molar-refractivity contribution in [3.8, 4) is 0 Å². The van der Waals surface area contributed by atoms with Gasteiger partial charge in [-0.3, -0.25) is 0 Å². The van der Waals surface area contributed by atoms with Gasteiger partial charge in [-0.25, -0.2) is 18.4 Å². The number of benzene rings is 1. The zero-order valence-corrected chi connectivity index (χ0v) is 19.5. The minimum atomic E-state index is -3.19. The van der Waals surface area contributed by atoms with Crippen LogP contribution in [0.2, 0.25) is 5.02 Å². The van der Waals surface area contributed by atoms with Crippen molar-refractivity contribution >= 4 is 27.4 Å². The molecule has 30 heavy (non-hydrogen) atoms. The van der Waals surface area contributed by atoms with Gasteiger partial charge in [0.1, 0.15) is 11.6 Å². The smallest absolute Gasteiger partial charge is 0.211 e. The number of aromatic nitrogens is 2. The van der Waals surface area contributed by atoms with Gasteiger partial charge in [0.25, 0.3) is 0 Å². The lowest BCUT2D eigenvalue weighted by Gasteiger charge is -2.35. The van der Waals surface area contributed by atoms with Gasteiger partial charge in [-0.05, 0) is 17.7 Å². The van der Waals surface area contributed by atoms with Crippen molar-refractivity contribution in [2.24, 2.45) is 0 Å². The third kappa shape index (κ3) is 5.49. The van der Waals surface area contributed by atoms with Crippen LogP contribution in [0.25, 0.3) is 0 Å². The Labute approximate surface area is 184 Å². The van der Waals surface area contributed by atoms with E-state index >= 15 is 0 Å². The minimum Gasteiger partial charge on any atom is -0.378 e. The first kappa shape index (κ1) is 22.9. The van der Waals surface area contributed by atoms with Crippen molar-refractivity contribution in [1.29, 1.82) is 0 Å². The molecule has 1 saturated heterocycles. The predicted octanol–water partition coefficient (Wildman–Crippen LogP) is 3.07. The second-order valence-corrected chi connectivity index (χ2v) is 10.3. The number of sulfonamides is 1. The van der Waals surface area contributed by atoms with Gasteiger partial charge in [-0.1, -0.05) is 37.6 Å². The van der Waals surface area contributed by atoms with Gasteiger partial charge in [0.15, 0.2) is 0 Å². The first-order valence-electron chi connectivity index (χ1n) is 10.0. The summed E-state index contributed by atoms with van der Waals surface area (Å²) in [4.78, 5) is 11.9. The van der Waals surface area contributed by atoms with Crippen molar-refractivity contribution < 1.29 is 13.2 Å². The number of hydrogen-bond acceptors (Lipinski definition) is 6. The highest BCUT2D eigenvalue weighted by Gasteiger charge is 2.27. The molecule has 1 aromatic heterocycles. The van der Waals surface area contributed by atoms with Gasteiger partial charge in [0, 0.05) is 56.2 Å². The van der Waals surface area contributed by atoms with Gasteiger partial charge in [-0.15, -0.1) is 0 Å². The molecule has 0 spiro atoms. The molecule has 7 nitrogen and oxygen atoms in total. The van der Waals surface area contributed by atoms with Gasteiger partial charge in [0.05, 0.1) is 18.6 Å². The van der Waals surface area contributed by atoms with Crippen molar-refractivity contribution in [2.45, 2.75) is 32.8 Å². The Balaban J connectivity index is 2.02. The van der Waals surface area contributed by atoms with Crippen molar-refractivity contribution in [2.75, 3.05) is 44.4 Å². The fourth-order valence-corrected chi connectivity index (χ4v) is 4.61. The Hall–Kier alpha value is -1.74. The Morgan fingerprint density at radius 3 is 2.43 bits per heavy atom. The van der Waals surface area contributed by atoms with E-state index in [4.69, 9.17) is 26.3 Å².